The SMILES string of the molecule is COC(=O)c1nc(Cl)cc2[nH]cc(Cl)c12. The van der Waals surface area contributed by atoms with Crippen LogP contribution in [0.2, 0.25) is 10.2 Å². The van der Waals surface area contributed by atoms with E-state index in [1.165, 1.54) is 7.11 Å². The molecule has 78 valence electrons. The van der Waals surface area contributed by atoms with Gasteiger partial charge in [-0.2, -0.15) is 0 Å². The van der Waals surface area contributed by atoms with Gasteiger partial charge < -0.3 is 9.72 Å². The van der Waals surface area contributed by atoms with E-state index in [4.69, 9.17) is 23.2 Å². The molecule has 0 fully saturated rings. The van der Waals surface area contributed by atoms with Gasteiger partial charge in [0.15, 0.2) is 5.69 Å². The maximum absolute atomic E-state index is 11.4. The summed E-state index contributed by atoms with van der Waals surface area (Å²) in [5.74, 6) is -0.566. The molecule has 0 aromatic carbocycles. The summed E-state index contributed by atoms with van der Waals surface area (Å²) in [6.45, 7) is 0. The number of pyridine rings is 1. The van der Waals surface area contributed by atoms with E-state index in [0.29, 0.717) is 15.9 Å². The minimum absolute atomic E-state index is 0.117. The number of carbonyl (C=O) groups excluding carboxylic acids is 1. The van der Waals surface area contributed by atoms with Crippen molar-refractivity contribution in [2.45, 2.75) is 0 Å². The van der Waals surface area contributed by atoms with Crippen molar-refractivity contribution in [2.24, 2.45) is 0 Å². The average molecular weight is 245 g/mol. The number of fused-ring (bicyclic) bond motifs is 1. The van der Waals surface area contributed by atoms with Crippen LogP contribution in [0.1, 0.15) is 10.5 Å². The van der Waals surface area contributed by atoms with Gasteiger partial charge in [0.1, 0.15) is 5.15 Å². The lowest BCUT2D eigenvalue weighted by atomic mass is 10.2. The predicted octanol–water partition coefficient (Wildman–Crippen LogP) is 2.66. The van der Waals surface area contributed by atoms with E-state index >= 15 is 0 Å². The smallest absolute Gasteiger partial charge is 0.357 e. The molecule has 2 aromatic rings. The number of aromatic amines is 1. The fourth-order valence-corrected chi connectivity index (χ4v) is 1.77. The summed E-state index contributed by atoms with van der Waals surface area (Å²) in [6.07, 6.45) is 1.57. The number of H-pyrrole nitrogens is 1. The first-order valence-corrected chi connectivity index (χ1v) is 4.80. The monoisotopic (exact) mass is 244 g/mol. The molecule has 2 rings (SSSR count). The Morgan fingerprint density at radius 3 is 2.93 bits per heavy atom. The lowest BCUT2D eigenvalue weighted by Gasteiger charge is -2.01. The standard InChI is InChI=1S/C9H6Cl2N2O2/c1-15-9(14)8-7-4(10)3-12-5(7)2-6(11)13-8/h2-3,12H,1H3. The molecule has 1 N–H and O–H groups in total. The number of nitrogens with zero attached hydrogens (tertiary/aromatic N) is 1. The van der Waals surface area contributed by atoms with Gasteiger partial charge >= 0.3 is 5.97 Å². The third kappa shape index (κ3) is 1.66. The number of ether oxygens (including phenoxy) is 1. The first-order valence-electron chi connectivity index (χ1n) is 4.05. The number of nitrogens with one attached hydrogen (secondary N) is 1. The molecule has 0 atom stereocenters. The summed E-state index contributed by atoms with van der Waals surface area (Å²) < 4.78 is 4.59. The maximum Gasteiger partial charge on any atom is 0.357 e. The number of hydrogen-bond acceptors (Lipinski definition) is 3. The van der Waals surface area contributed by atoms with Crippen LogP contribution in [0.15, 0.2) is 12.3 Å². The largest absolute Gasteiger partial charge is 0.464 e. The molecular formula is C9H6Cl2N2O2. The molecule has 0 bridgehead atoms. The number of hydrogen-bond donors (Lipinski definition) is 1. The Bertz CT molecular complexity index is 536. The van der Waals surface area contributed by atoms with Gasteiger partial charge in [0.25, 0.3) is 0 Å². The maximum atomic E-state index is 11.4. The second-order valence-electron chi connectivity index (χ2n) is 2.84. The summed E-state index contributed by atoms with van der Waals surface area (Å²) in [5, 5.41) is 1.14. The lowest BCUT2D eigenvalue weighted by Crippen LogP contribution is -2.05. The molecule has 0 unspecified atom stereocenters. The van der Waals surface area contributed by atoms with Crippen molar-refractivity contribution in [3.63, 3.8) is 0 Å². The highest BCUT2D eigenvalue weighted by Crippen LogP contribution is 2.27. The van der Waals surface area contributed by atoms with Crippen molar-refractivity contribution in [3.05, 3.63) is 28.1 Å². The predicted molar refractivity (Wildman–Crippen MR) is 57.5 cm³/mol. The fourth-order valence-electron chi connectivity index (χ4n) is 1.33. The fraction of sp³-hybridized carbons (Fsp3) is 0.111. The molecule has 0 aliphatic rings. The zero-order valence-corrected chi connectivity index (χ0v) is 9.19. The molecule has 0 aliphatic heterocycles. The minimum atomic E-state index is -0.566. The van der Waals surface area contributed by atoms with Crippen molar-refractivity contribution in [2.75, 3.05) is 7.11 Å². The minimum Gasteiger partial charge on any atom is -0.464 e. The zero-order chi connectivity index (χ0) is 11.0. The van der Waals surface area contributed by atoms with E-state index in [2.05, 4.69) is 14.7 Å². The molecule has 0 saturated carbocycles. The van der Waals surface area contributed by atoms with Gasteiger partial charge in [0.05, 0.1) is 23.0 Å². The van der Waals surface area contributed by atoms with Crippen molar-refractivity contribution in [1.29, 1.82) is 0 Å². The Labute approximate surface area is 95.2 Å². The van der Waals surface area contributed by atoms with Crippen LogP contribution in [0, 0.1) is 0 Å². The molecule has 0 radical (unpaired) electrons. The van der Waals surface area contributed by atoms with Gasteiger partial charge in [-0.05, 0) is 6.07 Å². The molecule has 0 amide bonds. The number of carbonyl (C=O) groups is 1. The zero-order valence-electron chi connectivity index (χ0n) is 7.67. The molecule has 2 heterocycles. The Balaban J connectivity index is 2.80. The molecule has 0 spiro atoms. The number of halogens is 2. The van der Waals surface area contributed by atoms with Crippen molar-refractivity contribution < 1.29 is 9.53 Å². The quantitative estimate of drug-likeness (QED) is 0.620. The Kier molecular flexibility index (Phi) is 2.54. The number of aromatic nitrogens is 2. The third-order valence-electron chi connectivity index (χ3n) is 1.96. The highest BCUT2D eigenvalue weighted by molar-refractivity contribution is 6.37. The van der Waals surface area contributed by atoms with Gasteiger partial charge in [-0.1, -0.05) is 23.2 Å². The molecule has 0 saturated heterocycles. The van der Waals surface area contributed by atoms with Gasteiger partial charge in [-0.25, -0.2) is 9.78 Å². The summed E-state index contributed by atoms with van der Waals surface area (Å²) in [7, 11) is 1.28. The Hall–Kier alpha value is -1.26. The van der Waals surface area contributed by atoms with Crippen molar-refractivity contribution in [3.8, 4) is 0 Å². The second-order valence-corrected chi connectivity index (χ2v) is 3.64. The summed E-state index contributed by atoms with van der Waals surface area (Å²) in [6, 6.07) is 1.59. The highest BCUT2D eigenvalue weighted by Gasteiger charge is 2.17. The first-order chi connectivity index (χ1) is 7.13. The van der Waals surface area contributed by atoms with Crippen LogP contribution >= 0.6 is 23.2 Å². The first kappa shape index (κ1) is 10.3. The van der Waals surface area contributed by atoms with E-state index in [9.17, 15) is 4.79 Å². The third-order valence-corrected chi connectivity index (χ3v) is 2.45. The Morgan fingerprint density at radius 2 is 2.27 bits per heavy atom. The Morgan fingerprint density at radius 1 is 1.53 bits per heavy atom. The van der Waals surface area contributed by atoms with E-state index in [0.717, 1.165) is 0 Å². The molecule has 6 heteroatoms. The van der Waals surface area contributed by atoms with Crippen LogP contribution in [0.3, 0.4) is 0 Å². The summed E-state index contributed by atoms with van der Waals surface area (Å²) in [5.41, 5.74) is 0.770. The van der Waals surface area contributed by atoms with Gasteiger partial charge in [0.2, 0.25) is 0 Å². The van der Waals surface area contributed by atoms with Crippen LogP contribution in [-0.2, 0) is 4.74 Å². The molecule has 4 nitrogen and oxygen atoms in total. The lowest BCUT2D eigenvalue weighted by molar-refractivity contribution is 0.0596. The van der Waals surface area contributed by atoms with Crippen LogP contribution in [0.5, 0.6) is 0 Å². The molecule has 15 heavy (non-hydrogen) atoms. The molecule has 2 aromatic heterocycles. The van der Waals surface area contributed by atoms with Gasteiger partial charge in [0, 0.05) is 6.20 Å². The molecular weight excluding hydrogens is 239 g/mol. The van der Waals surface area contributed by atoms with Gasteiger partial charge in [-0.15, -0.1) is 0 Å². The number of esters is 1. The second kappa shape index (κ2) is 3.72. The van der Waals surface area contributed by atoms with Crippen LogP contribution in [0.25, 0.3) is 10.9 Å². The number of rotatable bonds is 1. The highest BCUT2D eigenvalue weighted by atomic mass is 35.5. The van der Waals surface area contributed by atoms with Crippen molar-refractivity contribution in [1.82, 2.24) is 9.97 Å². The van der Waals surface area contributed by atoms with E-state index in [1.807, 2.05) is 0 Å². The topological polar surface area (TPSA) is 55.0 Å². The average Bonchev–Trinajstić information content (AvgIpc) is 2.58. The summed E-state index contributed by atoms with van der Waals surface area (Å²) >= 11 is 11.7. The van der Waals surface area contributed by atoms with Crippen LogP contribution < -0.4 is 0 Å². The molecule has 0 aliphatic carbocycles. The summed E-state index contributed by atoms with van der Waals surface area (Å²) in [4.78, 5) is 18.2. The van der Waals surface area contributed by atoms with Crippen LogP contribution in [0.4, 0.5) is 0 Å². The van der Waals surface area contributed by atoms with E-state index in [-0.39, 0.29) is 10.8 Å². The van der Waals surface area contributed by atoms with Crippen LogP contribution in [-0.4, -0.2) is 23.0 Å². The van der Waals surface area contributed by atoms with E-state index < -0.39 is 5.97 Å². The van der Waals surface area contributed by atoms with Crippen molar-refractivity contribution >= 4 is 40.1 Å². The van der Waals surface area contributed by atoms with E-state index in [1.54, 1.807) is 12.3 Å². The number of methoxy groups -OCH3 is 1. The normalized spacial score (nSPS) is 10.6. The van der Waals surface area contributed by atoms with Gasteiger partial charge in [-0.3, -0.25) is 0 Å².